The summed E-state index contributed by atoms with van der Waals surface area (Å²) in [6.07, 6.45) is -0.406. The van der Waals surface area contributed by atoms with Gasteiger partial charge in [-0.05, 0) is 50.6 Å². The fourth-order valence-corrected chi connectivity index (χ4v) is 2.33. The SMILES string of the molecule is CC(C)(C)OC(=O)N(CCOc1ccc(C(=O)O)cc1)Cc1ccccc1. The van der Waals surface area contributed by atoms with Crippen LogP contribution in [0, 0.1) is 0 Å². The molecule has 0 aromatic heterocycles. The Hall–Kier alpha value is -3.02. The van der Waals surface area contributed by atoms with Crippen molar-refractivity contribution < 1.29 is 24.2 Å². The highest BCUT2D eigenvalue weighted by atomic mass is 16.6. The number of carboxylic acids is 1. The maximum atomic E-state index is 12.5. The number of carbonyl (C=O) groups is 2. The number of benzene rings is 2. The van der Waals surface area contributed by atoms with Gasteiger partial charge in [0, 0.05) is 6.54 Å². The van der Waals surface area contributed by atoms with Crippen LogP contribution in [0.1, 0.15) is 36.7 Å². The largest absolute Gasteiger partial charge is 0.492 e. The average molecular weight is 371 g/mol. The predicted molar refractivity (Wildman–Crippen MR) is 102 cm³/mol. The summed E-state index contributed by atoms with van der Waals surface area (Å²) in [5.41, 5.74) is 0.607. The molecule has 1 N–H and O–H groups in total. The fraction of sp³-hybridized carbons (Fsp3) is 0.333. The molecule has 6 heteroatoms. The van der Waals surface area contributed by atoms with E-state index < -0.39 is 17.7 Å². The molecule has 0 aliphatic rings. The van der Waals surface area contributed by atoms with Crippen molar-refractivity contribution in [3.63, 3.8) is 0 Å². The van der Waals surface area contributed by atoms with Crippen molar-refractivity contribution in [2.24, 2.45) is 0 Å². The molecule has 1 amide bonds. The lowest BCUT2D eigenvalue weighted by atomic mass is 10.2. The molecular formula is C21H25NO5. The first-order valence-electron chi connectivity index (χ1n) is 8.72. The zero-order chi connectivity index (χ0) is 19.9. The summed E-state index contributed by atoms with van der Waals surface area (Å²) in [7, 11) is 0. The van der Waals surface area contributed by atoms with Crippen molar-refractivity contribution in [2.45, 2.75) is 32.9 Å². The number of hydrogen-bond donors (Lipinski definition) is 1. The Bertz CT molecular complexity index is 750. The monoisotopic (exact) mass is 371 g/mol. The quantitative estimate of drug-likeness (QED) is 0.789. The Labute approximate surface area is 159 Å². The van der Waals surface area contributed by atoms with Crippen LogP contribution in [0.2, 0.25) is 0 Å². The molecule has 0 aliphatic carbocycles. The number of nitrogens with zero attached hydrogens (tertiary/aromatic N) is 1. The molecule has 27 heavy (non-hydrogen) atoms. The van der Waals surface area contributed by atoms with E-state index in [1.165, 1.54) is 12.1 Å². The Morgan fingerprint density at radius 1 is 1.00 bits per heavy atom. The third-order valence-corrected chi connectivity index (χ3v) is 3.60. The minimum Gasteiger partial charge on any atom is -0.492 e. The topological polar surface area (TPSA) is 76.1 Å². The molecule has 6 nitrogen and oxygen atoms in total. The van der Waals surface area contributed by atoms with Crippen LogP contribution in [0.25, 0.3) is 0 Å². The smallest absolute Gasteiger partial charge is 0.410 e. The van der Waals surface area contributed by atoms with Gasteiger partial charge in [0.05, 0.1) is 12.1 Å². The molecule has 0 aliphatic heterocycles. The van der Waals surface area contributed by atoms with Crippen molar-refractivity contribution in [3.8, 4) is 5.75 Å². The van der Waals surface area contributed by atoms with Crippen LogP contribution < -0.4 is 4.74 Å². The second-order valence-corrected chi connectivity index (χ2v) is 7.07. The van der Waals surface area contributed by atoms with E-state index >= 15 is 0 Å². The summed E-state index contributed by atoms with van der Waals surface area (Å²) in [5.74, 6) is -0.440. The summed E-state index contributed by atoms with van der Waals surface area (Å²) < 4.78 is 11.1. The van der Waals surface area contributed by atoms with E-state index in [0.29, 0.717) is 18.8 Å². The molecule has 2 aromatic carbocycles. The number of carboxylic acid groups (broad SMARTS) is 1. The first-order chi connectivity index (χ1) is 12.7. The molecule has 144 valence electrons. The van der Waals surface area contributed by atoms with Gasteiger partial charge in [-0.2, -0.15) is 0 Å². The molecule has 0 spiro atoms. The zero-order valence-electron chi connectivity index (χ0n) is 15.8. The van der Waals surface area contributed by atoms with Crippen LogP contribution in [0.3, 0.4) is 0 Å². The van der Waals surface area contributed by atoms with Crippen LogP contribution in [0.5, 0.6) is 5.75 Å². The first-order valence-corrected chi connectivity index (χ1v) is 8.72. The van der Waals surface area contributed by atoms with Crippen molar-refractivity contribution in [2.75, 3.05) is 13.2 Å². The Kier molecular flexibility index (Phi) is 6.82. The zero-order valence-corrected chi connectivity index (χ0v) is 15.8. The van der Waals surface area contributed by atoms with Gasteiger partial charge in [0.2, 0.25) is 0 Å². The lowest BCUT2D eigenvalue weighted by Gasteiger charge is -2.27. The summed E-state index contributed by atoms with van der Waals surface area (Å²) in [4.78, 5) is 25.0. The maximum absolute atomic E-state index is 12.5. The Morgan fingerprint density at radius 2 is 1.63 bits per heavy atom. The van der Waals surface area contributed by atoms with E-state index in [-0.39, 0.29) is 12.2 Å². The van der Waals surface area contributed by atoms with Crippen LogP contribution in [0.15, 0.2) is 54.6 Å². The van der Waals surface area contributed by atoms with Crippen LogP contribution in [0.4, 0.5) is 4.79 Å². The number of rotatable bonds is 7. The highest BCUT2D eigenvalue weighted by molar-refractivity contribution is 5.87. The molecule has 0 heterocycles. The van der Waals surface area contributed by atoms with E-state index in [9.17, 15) is 9.59 Å². The molecule has 0 radical (unpaired) electrons. The van der Waals surface area contributed by atoms with E-state index in [2.05, 4.69) is 0 Å². The summed E-state index contributed by atoms with van der Waals surface area (Å²) >= 11 is 0. The molecule has 0 saturated carbocycles. The molecule has 0 saturated heterocycles. The fourth-order valence-electron chi connectivity index (χ4n) is 2.33. The number of aromatic carboxylic acids is 1. The van der Waals surface area contributed by atoms with Gasteiger partial charge in [0.25, 0.3) is 0 Å². The van der Waals surface area contributed by atoms with Crippen molar-refractivity contribution >= 4 is 12.1 Å². The average Bonchev–Trinajstić information content (AvgIpc) is 2.60. The number of hydrogen-bond acceptors (Lipinski definition) is 4. The van der Waals surface area contributed by atoms with Gasteiger partial charge in [0.1, 0.15) is 18.0 Å². The number of ether oxygens (including phenoxy) is 2. The maximum Gasteiger partial charge on any atom is 0.410 e. The number of carbonyl (C=O) groups excluding carboxylic acids is 1. The van der Waals surface area contributed by atoms with Crippen molar-refractivity contribution in [3.05, 3.63) is 65.7 Å². The van der Waals surface area contributed by atoms with Gasteiger partial charge in [0.15, 0.2) is 0 Å². The van der Waals surface area contributed by atoms with Crippen molar-refractivity contribution in [1.82, 2.24) is 4.90 Å². The predicted octanol–water partition coefficient (Wildman–Crippen LogP) is 4.20. The van der Waals surface area contributed by atoms with E-state index in [4.69, 9.17) is 14.6 Å². The van der Waals surface area contributed by atoms with Gasteiger partial charge in [-0.3, -0.25) is 0 Å². The highest BCUT2D eigenvalue weighted by Crippen LogP contribution is 2.15. The molecule has 0 fully saturated rings. The van der Waals surface area contributed by atoms with E-state index in [1.807, 2.05) is 51.1 Å². The lowest BCUT2D eigenvalue weighted by molar-refractivity contribution is 0.0209. The standard InChI is InChI=1S/C21H25NO5/c1-21(2,3)27-20(25)22(15-16-7-5-4-6-8-16)13-14-26-18-11-9-17(10-12-18)19(23)24/h4-12H,13-15H2,1-3H3,(H,23,24). The van der Waals surface area contributed by atoms with Gasteiger partial charge in [-0.15, -0.1) is 0 Å². The van der Waals surface area contributed by atoms with Crippen LogP contribution in [-0.4, -0.2) is 40.8 Å². The Balaban J connectivity index is 1.98. The molecule has 0 atom stereocenters. The lowest BCUT2D eigenvalue weighted by Crippen LogP contribution is -2.38. The molecular weight excluding hydrogens is 346 g/mol. The molecule has 2 aromatic rings. The minimum absolute atomic E-state index is 0.196. The third kappa shape index (κ3) is 7.01. The van der Waals surface area contributed by atoms with E-state index in [0.717, 1.165) is 5.56 Å². The molecule has 0 bridgehead atoms. The van der Waals surface area contributed by atoms with Crippen LogP contribution >= 0.6 is 0 Å². The van der Waals surface area contributed by atoms with Gasteiger partial charge in [-0.1, -0.05) is 30.3 Å². The summed E-state index contributed by atoms with van der Waals surface area (Å²) in [6, 6.07) is 15.8. The third-order valence-electron chi connectivity index (χ3n) is 3.60. The Morgan fingerprint density at radius 3 is 2.19 bits per heavy atom. The molecule has 0 unspecified atom stereocenters. The normalized spacial score (nSPS) is 10.9. The van der Waals surface area contributed by atoms with Gasteiger partial charge in [-0.25, -0.2) is 9.59 Å². The van der Waals surface area contributed by atoms with Crippen LogP contribution in [-0.2, 0) is 11.3 Å². The summed E-state index contributed by atoms with van der Waals surface area (Å²) in [6.45, 7) is 6.49. The highest BCUT2D eigenvalue weighted by Gasteiger charge is 2.22. The number of amides is 1. The molecule has 2 rings (SSSR count). The minimum atomic E-state index is -0.986. The summed E-state index contributed by atoms with van der Waals surface area (Å²) in [5, 5.41) is 8.92. The van der Waals surface area contributed by atoms with E-state index in [1.54, 1.807) is 17.0 Å². The first kappa shape index (κ1) is 20.3. The van der Waals surface area contributed by atoms with Crippen molar-refractivity contribution in [1.29, 1.82) is 0 Å². The second-order valence-electron chi connectivity index (χ2n) is 7.07. The van der Waals surface area contributed by atoms with Gasteiger partial charge >= 0.3 is 12.1 Å². The second kappa shape index (κ2) is 9.07. The van der Waals surface area contributed by atoms with Gasteiger partial charge < -0.3 is 19.5 Å².